The van der Waals surface area contributed by atoms with Crippen LogP contribution in [0.15, 0.2) is 33.2 Å². The third kappa shape index (κ3) is 2.55. The van der Waals surface area contributed by atoms with Gasteiger partial charge in [-0.25, -0.2) is 4.98 Å². The predicted molar refractivity (Wildman–Crippen MR) is 75.9 cm³/mol. The monoisotopic (exact) mass is 342 g/mol. The van der Waals surface area contributed by atoms with E-state index in [0.29, 0.717) is 0 Å². The molecule has 2 aromatic rings. The average Bonchev–Trinajstić information content (AvgIpc) is 2.26. The molecule has 0 atom stereocenters. The maximum absolute atomic E-state index is 4.57. The topological polar surface area (TPSA) is 24.9 Å². The number of rotatable bonds is 3. The summed E-state index contributed by atoms with van der Waals surface area (Å²) >= 11 is 7.00. The Labute approximate surface area is 112 Å². The molecule has 0 saturated carbocycles. The zero-order valence-corrected chi connectivity index (χ0v) is 12.1. The highest BCUT2D eigenvalue weighted by Crippen LogP contribution is 2.28. The molecule has 1 heterocycles. The van der Waals surface area contributed by atoms with Crippen LogP contribution in [0.3, 0.4) is 0 Å². The number of nitrogens with zero attached hydrogens (tertiary/aromatic N) is 1. The van der Waals surface area contributed by atoms with Crippen molar-refractivity contribution in [3.05, 3.63) is 33.2 Å². The third-order valence-corrected chi connectivity index (χ3v) is 3.33. The molecular weight excluding hydrogens is 332 g/mol. The van der Waals surface area contributed by atoms with Crippen molar-refractivity contribution in [1.29, 1.82) is 0 Å². The summed E-state index contributed by atoms with van der Waals surface area (Å²) < 4.78 is 2.07. The Morgan fingerprint density at radius 2 is 2.06 bits per heavy atom. The second-order valence-electron chi connectivity index (χ2n) is 3.58. The number of hydrogen-bond acceptors (Lipinski definition) is 2. The Bertz CT molecular complexity index is 512. The molecule has 0 amide bonds. The van der Waals surface area contributed by atoms with E-state index in [-0.39, 0.29) is 0 Å². The maximum atomic E-state index is 4.57. The molecule has 84 valence electrons. The fraction of sp³-hybridized carbons (Fsp3) is 0.250. The van der Waals surface area contributed by atoms with Crippen LogP contribution < -0.4 is 5.32 Å². The molecular formula is C12H12Br2N2. The number of fused-ring (bicyclic) bond motifs is 1. The highest BCUT2D eigenvalue weighted by molar-refractivity contribution is 9.11. The number of benzene rings is 1. The van der Waals surface area contributed by atoms with Gasteiger partial charge in [0, 0.05) is 20.9 Å². The van der Waals surface area contributed by atoms with Crippen LogP contribution in [0.5, 0.6) is 0 Å². The molecule has 2 rings (SSSR count). The van der Waals surface area contributed by atoms with Crippen molar-refractivity contribution < 1.29 is 0 Å². The Balaban J connectivity index is 2.45. The van der Waals surface area contributed by atoms with E-state index in [9.17, 15) is 0 Å². The number of hydrogen-bond donors (Lipinski definition) is 1. The Hall–Kier alpha value is -0.610. The van der Waals surface area contributed by atoms with Crippen molar-refractivity contribution in [2.45, 2.75) is 13.3 Å². The van der Waals surface area contributed by atoms with Crippen molar-refractivity contribution in [2.24, 2.45) is 0 Å². The van der Waals surface area contributed by atoms with E-state index in [4.69, 9.17) is 0 Å². The van der Waals surface area contributed by atoms with Gasteiger partial charge in [-0.3, -0.25) is 0 Å². The van der Waals surface area contributed by atoms with Gasteiger partial charge in [0.05, 0.1) is 5.52 Å². The summed E-state index contributed by atoms with van der Waals surface area (Å²) in [7, 11) is 0. The van der Waals surface area contributed by atoms with Crippen LogP contribution >= 0.6 is 31.9 Å². The SMILES string of the molecule is CCCNc1ccc2cc(Br)cc(Br)c2n1. The minimum Gasteiger partial charge on any atom is -0.370 e. The molecule has 0 saturated heterocycles. The molecule has 0 fully saturated rings. The van der Waals surface area contributed by atoms with Gasteiger partial charge in [-0.2, -0.15) is 0 Å². The van der Waals surface area contributed by atoms with Crippen molar-refractivity contribution >= 4 is 48.6 Å². The number of anilines is 1. The van der Waals surface area contributed by atoms with Gasteiger partial charge in [0.15, 0.2) is 0 Å². The first-order valence-electron chi connectivity index (χ1n) is 5.20. The summed E-state index contributed by atoms with van der Waals surface area (Å²) in [6, 6.07) is 8.17. The van der Waals surface area contributed by atoms with Gasteiger partial charge in [0.1, 0.15) is 5.82 Å². The highest BCUT2D eigenvalue weighted by atomic mass is 79.9. The average molecular weight is 344 g/mol. The Morgan fingerprint density at radius 3 is 2.81 bits per heavy atom. The first-order valence-corrected chi connectivity index (χ1v) is 6.79. The number of halogens is 2. The zero-order chi connectivity index (χ0) is 11.5. The van der Waals surface area contributed by atoms with E-state index in [0.717, 1.165) is 38.6 Å². The molecule has 1 N–H and O–H groups in total. The minimum absolute atomic E-state index is 0.928. The van der Waals surface area contributed by atoms with Crippen LogP contribution in [0.1, 0.15) is 13.3 Å². The lowest BCUT2D eigenvalue weighted by Crippen LogP contribution is -2.01. The lowest BCUT2D eigenvalue weighted by atomic mass is 10.2. The summed E-state index contributed by atoms with van der Waals surface area (Å²) in [4.78, 5) is 4.57. The molecule has 0 spiro atoms. The molecule has 0 aliphatic carbocycles. The molecule has 2 nitrogen and oxygen atoms in total. The van der Waals surface area contributed by atoms with Gasteiger partial charge in [-0.05, 0) is 46.6 Å². The predicted octanol–water partition coefficient (Wildman–Crippen LogP) is 4.58. The van der Waals surface area contributed by atoms with E-state index in [1.165, 1.54) is 0 Å². The second-order valence-corrected chi connectivity index (χ2v) is 5.35. The summed E-state index contributed by atoms with van der Waals surface area (Å²) in [5.74, 6) is 0.928. The highest BCUT2D eigenvalue weighted by Gasteiger charge is 2.03. The van der Waals surface area contributed by atoms with E-state index in [2.05, 4.69) is 61.2 Å². The third-order valence-electron chi connectivity index (χ3n) is 2.27. The van der Waals surface area contributed by atoms with E-state index in [1.54, 1.807) is 0 Å². The molecule has 1 aromatic carbocycles. The Morgan fingerprint density at radius 1 is 1.25 bits per heavy atom. The molecule has 16 heavy (non-hydrogen) atoms. The van der Waals surface area contributed by atoms with Gasteiger partial charge in [0.25, 0.3) is 0 Å². The summed E-state index contributed by atoms with van der Waals surface area (Å²) in [5, 5.41) is 4.41. The van der Waals surface area contributed by atoms with Crippen LogP contribution in [0.4, 0.5) is 5.82 Å². The summed E-state index contributed by atoms with van der Waals surface area (Å²) in [6.07, 6.45) is 1.10. The van der Waals surface area contributed by atoms with Crippen LogP contribution in [0.25, 0.3) is 10.9 Å². The van der Waals surface area contributed by atoms with E-state index < -0.39 is 0 Å². The van der Waals surface area contributed by atoms with Crippen LogP contribution in [0.2, 0.25) is 0 Å². The largest absolute Gasteiger partial charge is 0.370 e. The van der Waals surface area contributed by atoms with Gasteiger partial charge < -0.3 is 5.32 Å². The summed E-state index contributed by atoms with van der Waals surface area (Å²) in [6.45, 7) is 3.09. The second kappa shape index (κ2) is 5.15. The fourth-order valence-electron chi connectivity index (χ4n) is 1.51. The van der Waals surface area contributed by atoms with Gasteiger partial charge in [-0.1, -0.05) is 22.9 Å². The Kier molecular flexibility index (Phi) is 3.82. The van der Waals surface area contributed by atoms with Gasteiger partial charge in [-0.15, -0.1) is 0 Å². The van der Waals surface area contributed by atoms with E-state index in [1.807, 2.05) is 12.1 Å². The molecule has 0 aliphatic rings. The number of nitrogens with one attached hydrogen (secondary N) is 1. The first kappa shape index (κ1) is 11.9. The molecule has 0 unspecified atom stereocenters. The molecule has 0 radical (unpaired) electrons. The number of pyridine rings is 1. The normalized spacial score (nSPS) is 10.7. The zero-order valence-electron chi connectivity index (χ0n) is 8.93. The van der Waals surface area contributed by atoms with Crippen molar-refractivity contribution in [3.63, 3.8) is 0 Å². The minimum atomic E-state index is 0.928. The van der Waals surface area contributed by atoms with Crippen molar-refractivity contribution in [3.8, 4) is 0 Å². The molecule has 4 heteroatoms. The van der Waals surface area contributed by atoms with Crippen molar-refractivity contribution in [1.82, 2.24) is 4.98 Å². The van der Waals surface area contributed by atoms with E-state index >= 15 is 0 Å². The van der Waals surface area contributed by atoms with Crippen LogP contribution in [-0.2, 0) is 0 Å². The lowest BCUT2D eigenvalue weighted by molar-refractivity contribution is 0.971. The van der Waals surface area contributed by atoms with Crippen molar-refractivity contribution in [2.75, 3.05) is 11.9 Å². The summed E-state index contributed by atoms with van der Waals surface area (Å²) in [5.41, 5.74) is 0.990. The molecule has 1 aromatic heterocycles. The number of aromatic nitrogens is 1. The van der Waals surface area contributed by atoms with Gasteiger partial charge in [0.2, 0.25) is 0 Å². The molecule has 0 bridgehead atoms. The van der Waals surface area contributed by atoms with Crippen LogP contribution in [-0.4, -0.2) is 11.5 Å². The molecule has 0 aliphatic heterocycles. The van der Waals surface area contributed by atoms with Crippen LogP contribution in [0, 0.1) is 0 Å². The first-order chi connectivity index (χ1) is 7.70. The fourth-order valence-corrected chi connectivity index (χ4v) is 2.86. The lowest BCUT2D eigenvalue weighted by Gasteiger charge is -2.06. The smallest absolute Gasteiger partial charge is 0.126 e. The van der Waals surface area contributed by atoms with Gasteiger partial charge >= 0.3 is 0 Å². The maximum Gasteiger partial charge on any atom is 0.126 e. The quantitative estimate of drug-likeness (QED) is 0.882. The standard InChI is InChI=1S/C12H12Br2N2/c1-2-5-15-11-4-3-8-6-9(13)7-10(14)12(8)16-11/h3-4,6-7H,2,5H2,1H3,(H,15,16).